The van der Waals surface area contributed by atoms with Crippen molar-refractivity contribution in [2.45, 2.75) is 13.0 Å². The fraction of sp³-hybridized carbons (Fsp3) is 0.125. The zero-order chi connectivity index (χ0) is 15.2. The van der Waals surface area contributed by atoms with Gasteiger partial charge >= 0.3 is 0 Å². The summed E-state index contributed by atoms with van der Waals surface area (Å²) in [6, 6.07) is 14.9. The van der Waals surface area contributed by atoms with Gasteiger partial charge in [-0.25, -0.2) is 0 Å². The van der Waals surface area contributed by atoms with Crippen LogP contribution in [0.25, 0.3) is 0 Å². The third-order valence-electron chi connectivity index (χ3n) is 2.89. The van der Waals surface area contributed by atoms with E-state index in [9.17, 15) is 9.59 Å². The molecule has 2 N–H and O–H groups in total. The molecule has 2 rings (SSSR count). The zero-order valence-corrected chi connectivity index (χ0v) is 12.2. The second-order valence-corrected chi connectivity index (χ2v) is 4.99. The standard InChI is InChI=1S/C16H15ClN2O2/c1-11(18-16(21)12-5-3-2-4-6-12)15(20)19-14-9-7-13(17)8-10-14/h2-11H,1H3,(H,18,21)(H,19,20)/t11-/m0/s1. The smallest absolute Gasteiger partial charge is 0.251 e. The molecule has 0 aliphatic heterocycles. The maximum atomic E-state index is 12.0. The molecular weight excluding hydrogens is 288 g/mol. The van der Waals surface area contributed by atoms with Gasteiger partial charge in [0.1, 0.15) is 6.04 Å². The number of nitrogens with one attached hydrogen (secondary N) is 2. The lowest BCUT2D eigenvalue weighted by molar-refractivity contribution is -0.117. The Labute approximate surface area is 128 Å². The number of halogens is 1. The zero-order valence-electron chi connectivity index (χ0n) is 11.5. The fourth-order valence-corrected chi connectivity index (χ4v) is 1.84. The summed E-state index contributed by atoms with van der Waals surface area (Å²) in [5.41, 5.74) is 1.15. The third kappa shape index (κ3) is 4.33. The Balaban J connectivity index is 1.93. The molecule has 4 nitrogen and oxygen atoms in total. The number of hydrogen-bond donors (Lipinski definition) is 2. The van der Waals surface area contributed by atoms with Crippen LogP contribution in [0.15, 0.2) is 54.6 Å². The SMILES string of the molecule is C[C@H](NC(=O)c1ccccc1)C(=O)Nc1ccc(Cl)cc1. The van der Waals surface area contributed by atoms with Crippen molar-refractivity contribution in [2.24, 2.45) is 0 Å². The molecule has 0 saturated carbocycles. The van der Waals surface area contributed by atoms with Gasteiger partial charge in [-0.1, -0.05) is 29.8 Å². The van der Waals surface area contributed by atoms with Gasteiger partial charge in [-0.05, 0) is 43.3 Å². The number of carbonyl (C=O) groups excluding carboxylic acids is 2. The maximum Gasteiger partial charge on any atom is 0.251 e. The Hall–Kier alpha value is -2.33. The normalized spacial score (nSPS) is 11.5. The molecule has 0 aliphatic rings. The summed E-state index contributed by atoms with van der Waals surface area (Å²) < 4.78 is 0. The summed E-state index contributed by atoms with van der Waals surface area (Å²) in [7, 11) is 0. The van der Waals surface area contributed by atoms with E-state index in [1.807, 2.05) is 6.07 Å². The minimum absolute atomic E-state index is 0.283. The Bertz CT molecular complexity index is 626. The second-order valence-electron chi connectivity index (χ2n) is 4.56. The second kappa shape index (κ2) is 6.90. The predicted molar refractivity (Wildman–Crippen MR) is 83.5 cm³/mol. The molecule has 21 heavy (non-hydrogen) atoms. The number of amides is 2. The van der Waals surface area contributed by atoms with Crippen molar-refractivity contribution in [3.8, 4) is 0 Å². The van der Waals surface area contributed by atoms with Gasteiger partial charge in [-0.2, -0.15) is 0 Å². The molecule has 0 aliphatic carbocycles. The minimum Gasteiger partial charge on any atom is -0.341 e. The third-order valence-corrected chi connectivity index (χ3v) is 3.14. The Morgan fingerprint density at radius 1 is 1.00 bits per heavy atom. The highest BCUT2D eigenvalue weighted by atomic mass is 35.5. The molecule has 0 unspecified atom stereocenters. The van der Waals surface area contributed by atoms with Crippen LogP contribution < -0.4 is 10.6 Å². The summed E-state index contributed by atoms with van der Waals surface area (Å²) in [6.07, 6.45) is 0. The van der Waals surface area contributed by atoms with Crippen LogP contribution >= 0.6 is 11.6 Å². The number of anilines is 1. The quantitative estimate of drug-likeness (QED) is 0.912. The lowest BCUT2D eigenvalue weighted by Crippen LogP contribution is -2.41. The average molecular weight is 303 g/mol. The van der Waals surface area contributed by atoms with Crippen LogP contribution in [0.2, 0.25) is 5.02 Å². The first-order chi connectivity index (χ1) is 10.1. The van der Waals surface area contributed by atoms with E-state index in [1.165, 1.54) is 0 Å². The molecule has 0 saturated heterocycles. The molecule has 2 aromatic carbocycles. The van der Waals surface area contributed by atoms with E-state index in [-0.39, 0.29) is 11.8 Å². The van der Waals surface area contributed by atoms with Gasteiger partial charge in [0, 0.05) is 16.3 Å². The Morgan fingerprint density at radius 2 is 1.62 bits per heavy atom. The van der Waals surface area contributed by atoms with E-state index in [0.717, 1.165) is 0 Å². The summed E-state index contributed by atoms with van der Waals surface area (Å²) >= 11 is 5.78. The highest BCUT2D eigenvalue weighted by Gasteiger charge is 2.16. The van der Waals surface area contributed by atoms with Crippen molar-refractivity contribution in [2.75, 3.05) is 5.32 Å². The molecule has 5 heteroatoms. The summed E-state index contributed by atoms with van der Waals surface area (Å²) in [4.78, 5) is 24.0. The van der Waals surface area contributed by atoms with Crippen molar-refractivity contribution in [1.29, 1.82) is 0 Å². The van der Waals surface area contributed by atoms with Gasteiger partial charge < -0.3 is 10.6 Å². The summed E-state index contributed by atoms with van der Waals surface area (Å²) in [5, 5.41) is 5.96. The van der Waals surface area contributed by atoms with Crippen LogP contribution in [0.4, 0.5) is 5.69 Å². The lowest BCUT2D eigenvalue weighted by Gasteiger charge is -2.14. The van der Waals surface area contributed by atoms with Crippen LogP contribution in [0.5, 0.6) is 0 Å². The van der Waals surface area contributed by atoms with Gasteiger partial charge in [0.05, 0.1) is 0 Å². The van der Waals surface area contributed by atoms with Crippen LogP contribution in [-0.4, -0.2) is 17.9 Å². The van der Waals surface area contributed by atoms with Crippen molar-refractivity contribution >= 4 is 29.1 Å². The monoisotopic (exact) mass is 302 g/mol. The molecule has 0 fully saturated rings. The largest absolute Gasteiger partial charge is 0.341 e. The topological polar surface area (TPSA) is 58.2 Å². The van der Waals surface area contributed by atoms with Crippen molar-refractivity contribution in [1.82, 2.24) is 5.32 Å². The fourth-order valence-electron chi connectivity index (χ4n) is 1.72. The Morgan fingerprint density at radius 3 is 2.24 bits per heavy atom. The first kappa shape index (κ1) is 15.1. The molecule has 0 spiro atoms. The molecule has 2 amide bonds. The summed E-state index contributed by atoms with van der Waals surface area (Å²) in [5.74, 6) is -0.573. The molecule has 108 valence electrons. The van der Waals surface area contributed by atoms with Crippen LogP contribution in [0.1, 0.15) is 17.3 Å². The highest BCUT2D eigenvalue weighted by Crippen LogP contribution is 2.13. The molecule has 0 heterocycles. The number of benzene rings is 2. The predicted octanol–water partition coefficient (Wildman–Crippen LogP) is 3.10. The van der Waals surface area contributed by atoms with E-state index in [2.05, 4.69) is 10.6 Å². The first-order valence-corrected chi connectivity index (χ1v) is 6.86. The van der Waals surface area contributed by atoms with Gasteiger partial charge in [-0.3, -0.25) is 9.59 Å². The maximum absolute atomic E-state index is 12.0. The lowest BCUT2D eigenvalue weighted by atomic mass is 10.2. The van der Waals surface area contributed by atoms with Crippen LogP contribution in [0.3, 0.4) is 0 Å². The van der Waals surface area contributed by atoms with Gasteiger partial charge in [0.25, 0.3) is 5.91 Å². The van der Waals surface area contributed by atoms with E-state index in [0.29, 0.717) is 16.3 Å². The van der Waals surface area contributed by atoms with Gasteiger partial charge in [-0.15, -0.1) is 0 Å². The molecule has 0 radical (unpaired) electrons. The van der Waals surface area contributed by atoms with Crippen LogP contribution in [-0.2, 0) is 4.79 Å². The van der Waals surface area contributed by atoms with Crippen LogP contribution in [0, 0.1) is 0 Å². The first-order valence-electron chi connectivity index (χ1n) is 6.48. The van der Waals surface area contributed by atoms with E-state index in [1.54, 1.807) is 55.5 Å². The highest BCUT2D eigenvalue weighted by molar-refractivity contribution is 6.30. The van der Waals surface area contributed by atoms with E-state index >= 15 is 0 Å². The molecule has 1 atom stereocenters. The van der Waals surface area contributed by atoms with Crippen molar-refractivity contribution in [3.63, 3.8) is 0 Å². The van der Waals surface area contributed by atoms with Crippen molar-refractivity contribution in [3.05, 3.63) is 65.2 Å². The number of carbonyl (C=O) groups is 2. The van der Waals surface area contributed by atoms with Crippen molar-refractivity contribution < 1.29 is 9.59 Å². The molecule has 0 aromatic heterocycles. The van der Waals surface area contributed by atoms with Gasteiger partial charge in [0.15, 0.2) is 0 Å². The van der Waals surface area contributed by atoms with E-state index < -0.39 is 6.04 Å². The Kier molecular flexibility index (Phi) is 4.95. The van der Waals surface area contributed by atoms with Gasteiger partial charge in [0.2, 0.25) is 5.91 Å². The molecule has 2 aromatic rings. The average Bonchev–Trinajstić information content (AvgIpc) is 2.50. The number of rotatable bonds is 4. The molecular formula is C16H15ClN2O2. The molecule has 0 bridgehead atoms. The van der Waals surface area contributed by atoms with E-state index in [4.69, 9.17) is 11.6 Å². The number of hydrogen-bond acceptors (Lipinski definition) is 2. The summed E-state index contributed by atoms with van der Waals surface area (Å²) in [6.45, 7) is 1.63. The minimum atomic E-state index is -0.645.